The Balaban J connectivity index is 1.77. The monoisotopic (exact) mass is 240 g/mol. The lowest BCUT2D eigenvalue weighted by atomic mass is 9.80. The first kappa shape index (κ1) is 13.0. The van der Waals surface area contributed by atoms with Crippen molar-refractivity contribution in [2.75, 3.05) is 0 Å². The molecule has 0 bridgehead atoms. The largest absolute Gasteiger partial charge is 0.393 e. The van der Waals surface area contributed by atoms with Gasteiger partial charge < -0.3 is 10.2 Å². The van der Waals surface area contributed by atoms with Gasteiger partial charge in [-0.25, -0.2) is 0 Å². The van der Waals surface area contributed by atoms with Crippen molar-refractivity contribution in [1.82, 2.24) is 0 Å². The third-order valence-electron chi connectivity index (χ3n) is 4.52. The van der Waals surface area contributed by atoms with Gasteiger partial charge in [0.2, 0.25) is 0 Å². The molecule has 0 aromatic heterocycles. The zero-order valence-corrected chi connectivity index (χ0v) is 10.5. The molecule has 3 heteroatoms. The second-order valence-electron chi connectivity index (χ2n) is 5.72. The van der Waals surface area contributed by atoms with Gasteiger partial charge in [0.1, 0.15) is 5.78 Å². The van der Waals surface area contributed by atoms with Gasteiger partial charge >= 0.3 is 0 Å². The van der Waals surface area contributed by atoms with Gasteiger partial charge in [0.25, 0.3) is 0 Å². The molecular formula is C14H24O3. The van der Waals surface area contributed by atoms with E-state index in [9.17, 15) is 15.0 Å². The van der Waals surface area contributed by atoms with Crippen LogP contribution in [0.15, 0.2) is 0 Å². The summed E-state index contributed by atoms with van der Waals surface area (Å²) in [6.45, 7) is 0. The molecule has 2 atom stereocenters. The smallest absolute Gasteiger partial charge is 0.135 e. The van der Waals surface area contributed by atoms with E-state index in [0.717, 1.165) is 32.1 Å². The molecule has 0 aromatic rings. The molecule has 0 aliphatic heterocycles. The number of hydrogen-bond donors (Lipinski definition) is 2. The zero-order valence-electron chi connectivity index (χ0n) is 10.5. The van der Waals surface area contributed by atoms with Crippen LogP contribution < -0.4 is 0 Å². The maximum atomic E-state index is 11.9. The van der Waals surface area contributed by atoms with Gasteiger partial charge in [-0.1, -0.05) is 12.8 Å². The highest BCUT2D eigenvalue weighted by molar-refractivity contribution is 5.81. The number of rotatable bonds is 4. The molecule has 2 aliphatic rings. The third-order valence-corrected chi connectivity index (χ3v) is 4.52. The standard InChI is InChI=1S/C14H24O3/c15-12(10-4-1-2-5-10)9-8-11-13(16)6-3-7-14(11)17/h10-11,13-14,16-17H,1-9H2. The fourth-order valence-corrected chi connectivity index (χ4v) is 3.37. The van der Waals surface area contributed by atoms with Crippen molar-refractivity contribution in [1.29, 1.82) is 0 Å². The molecule has 2 rings (SSSR count). The topological polar surface area (TPSA) is 57.5 Å². The Hall–Kier alpha value is -0.410. The molecule has 3 nitrogen and oxygen atoms in total. The summed E-state index contributed by atoms with van der Waals surface area (Å²) in [5.41, 5.74) is 0. The predicted molar refractivity (Wildman–Crippen MR) is 65.6 cm³/mol. The maximum absolute atomic E-state index is 11.9. The van der Waals surface area contributed by atoms with Crippen LogP contribution in [0.5, 0.6) is 0 Å². The number of aliphatic hydroxyl groups is 2. The normalized spacial score (nSPS) is 35.1. The van der Waals surface area contributed by atoms with Crippen molar-refractivity contribution in [3.63, 3.8) is 0 Å². The molecule has 0 amide bonds. The van der Waals surface area contributed by atoms with E-state index in [1.54, 1.807) is 0 Å². The number of ketones is 1. The fraction of sp³-hybridized carbons (Fsp3) is 0.929. The Morgan fingerprint density at radius 3 is 2.12 bits per heavy atom. The van der Waals surface area contributed by atoms with Crippen LogP contribution in [-0.4, -0.2) is 28.2 Å². The lowest BCUT2D eigenvalue weighted by molar-refractivity contribution is -0.123. The second kappa shape index (κ2) is 5.96. The summed E-state index contributed by atoms with van der Waals surface area (Å²) in [7, 11) is 0. The van der Waals surface area contributed by atoms with Crippen LogP contribution in [0.1, 0.15) is 57.8 Å². The lowest BCUT2D eigenvalue weighted by Crippen LogP contribution is -2.36. The average Bonchev–Trinajstić information content (AvgIpc) is 2.81. The second-order valence-corrected chi connectivity index (χ2v) is 5.72. The fourth-order valence-electron chi connectivity index (χ4n) is 3.37. The molecule has 98 valence electrons. The Morgan fingerprint density at radius 1 is 0.941 bits per heavy atom. The molecule has 0 aromatic carbocycles. The van der Waals surface area contributed by atoms with Gasteiger partial charge in [-0.3, -0.25) is 4.79 Å². The molecular weight excluding hydrogens is 216 g/mol. The third kappa shape index (κ3) is 3.29. The van der Waals surface area contributed by atoms with Gasteiger partial charge in [0, 0.05) is 18.3 Å². The molecule has 2 fully saturated rings. The summed E-state index contributed by atoms with van der Waals surface area (Å²) in [5.74, 6) is 0.550. The number of hydrogen-bond acceptors (Lipinski definition) is 3. The highest BCUT2D eigenvalue weighted by Gasteiger charge is 2.32. The first-order chi connectivity index (χ1) is 8.18. The minimum Gasteiger partial charge on any atom is -0.393 e. The molecule has 0 radical (unpaired) electrons. The number of carbonyl (C=O) groups is 1. The highest BCUT2D eigenvalue weighted by Crippen LogP contribution is 2.31. The van der Waals surface area contributed by atoms with Gasteiger partial charge in [-0.15, -0.1) is 0 Å². The van der Waals surface area contributed by atoms with Crippen LogP contribution in [0.4, 0.5) is 0 Å². The summed E-state index contributed by atoms with van der Waals surface area (Å²) in [4.78, 5) is 11.9. The summed E-state index contributed by atoms with van der Waals surface area (Å²) < 4.78 is 0. The average molecular weight is 240 g/mol. The number of Topliss-reactive ketones (excluding diaryl/α,β-unsaturated/α-hetero) is 1. The Bertz CT molecular complexity index is 248. The highest BCUT2D eigenvalue weighted by atomic mass is 16.3. The van der Waals surface area contributed by atoms with E-state index in [1.165, 1.54) is 12.8 Å². The minimum absolute atomic E-state index is 0.0749. The Kier molecular flexibility index (Phi) is 4.57. The van der Waals surface area contributed by atoms with Gasteiger partial charge in [-0.05, 0) is 38.5 Å². The van der Waals surface area contributed by atoms with Crippen molar-refractivity contribution < 1.29 is 15.0 Å². The van der Waals surface area contributed by atoms with Crippen LogP contribution in [0, 0.1) is 11.8 Å². The molecule has 2 aliphatic carbocycles. The van der Waals surface area contributed by atoms with Crippen molar-refractivity contribution in [2.45, 2.75) is 70.0 Å². The van der Waals surface area contributed by atoms with E-state index in [2.05, 4.69) is 0 Å². The maximum Gasteiger partial charge on any atom is 0.135 e. The van der Waals surface area contributed by atoms with E-state index in [4.69, 9.17) is 0 Å². The van der Waals surface area contributed by atoms with E-state index in [1.807, 2.05) is 0 Å². The van der Waals surface area contributed by atoms with Gasteiger partial charge in [-0.2, -0.15) is 0 Å². The lowest BCUT2D eigenvalue weighted by Gasteiger charge is -2.32. The van der Waals surface area contributed by atoms with Crippen molar-refractivity contribution in [2.24, 2.45) is 11.8 Å². The number of aliphatic hydroxyl groups excluding tert-OH is 2. The van der Waals surface area contributed by atoms with Gasteiger partial charge in [0.05, 0.1) is 12.2 Å². The molecule has 2 saturated carbocycles. The zero-order chi connectivity index (χ0) is 12.3. The summed E-state index contributed by atoms with van der Waals surface area (Å²) in [6, 6.07) is 0. The minimum atomic E-state index is -0.407. The van der Waals surface area contributed by atoms with Crippen molar-refractivity contribution in [3.8, 4) is 0 Å². The van der Waals surface area contributed by atoms with Gasteiger partial charge in [0.15, 0.2) is 0 Å². The first-order valence-corrected chi connectivity index (χ1v) is 7.07. The van der Waals surface area contributed by atoms with Crippen LogP contribution >= 0.6 is 0 Å². The predicted octanol–water partition coefficient (Wildman–Crippen LogP) is 2.05. The first-order valence-electron chi connectivity index (χ1n) is 7.07. The van der Waals surface area contributed by atoms with Crippen LogP contribution in [0.25, 0.3) is 0 Å². The summed E-state index contributed by atoms with van der Waals surface area (Å²) in [5, 5.41) is 19.7. The number of carbonyl (C=O) groups excluding carboxylic acids is 1. The summed E-state index contributed by atoms with van der Waals surface area (Å²) >= 11 is 0. The molecule has 17 heavy (non-hydrogen) atoms. The molecule has 0 heterocycles. The van der Waals surface area contributed by atoms with E-state index >= 15 is 0 Å². The van der Waals surface area contributed by atoms with E-state index < -0.39 is 12.2 Å². The van der Waals surface area contributed by atoms with Crippen LogP contribution in [0.2, 0.25) is 0 Å². The van der Waals surface area contributed by atoms with E-state index in [-0.39, 0.29) is 11.8 Å². The summed E-state index contributed by atoms with van der Waals surface area (Å²) in [6.07, 6.45) is 7.32. The molecule has 0 spiro atoms. The Morgan fingerprint density at radius 2 is 1.53 bits per heavy atom. The Labute approximate surface area is 103 Å². The molecule has 0 saturated heterocycles. The molecule has 2 N–H and O–H groups in total. The van der Waals surface area contributed by atoms with E-state index in [0.29, 0.717) is 18.6 Å². The quantitative estimate of drug-likeness (QED) is 0.790. The van der Waals surface area contributed by atoms with Crippen LogP contribution in [-0.2, 0) is 4.79 Å². The SMILES string of the molecule is O=C(CCC1C(O)CCCC1O)C1CCCC1. The van der Waals surface area contributed by atoms with Crippen molar-refractivity contribution in [3.05, 3.63) is 0 Å². The molecule has 2 unspecified atom stereocenters. The van der Waals surface area contributed by atoms with Crippen molar-refractivity contribution >= 4 is 5.78 Å². The van der Waals surface area contributed by atoms with Crippen LogP contribution in [0.3, 0.4) is 0 Å².